The van der Waals surface area contributed by atoms with E-state index in [-0.39, 0.29) is 17.9 Å². The van der Waals surface area contributed by atoms with E-state index in [0.717, 1.165) is 11.1 Å². The first kappa shape index (κ1) is 20.6. The third kappa shape index (κ3) is 3.89. The van der Waals surface area contributed by atoms with Crippen molar-refractivity contribution in [3.63, 3.8) is 0 Å². The molecule has 0 aliphatic heterocycles. The minimum absolute atomic E-state index is 0.0410. The predicted octanol–water partition coefficient (Wildman–Crippen LogP) is 4.39. The largest absolute Gasteiger partial charge is 0.343 e. The summed E-state index contributed by atoms with van der Waals surface area (Å²) >= 11 is 0. The summed E-state index contributed by atoms with van der Waals surface area (Å²) in [6.45, 7) is 3.86. The van der Waals surface area contributed by atoms with E-state index in [4.69, 9.17) is 4.52 Å². The summed E-state index contributed by atoms with van der Waals surface area (Å²) in [5.41, 5.74) is 3.37. The number of hydrogen-bond acceptors (Lipinski definition) is 5. The van der Waals surface area contributed by atoms with Crippen LogP contribution in [0.25, 0.3) is 33.2 Å². The van der Waals surface area contributed by atoms with E-state index in [9.17, 15) is 9.59 Å². The van der Waals surface area contributed by atoms with Crippen LogP contribution in [0, 0.1) is 6.92 Å². The molecule has 0 radical (unpaired) electrons. The lowest BCUT2D eigenvalue weighted by molar-refractivity contribution is -0.122. The molecule has 0 saturated heterocycles. The summed E-state index contributed by atoms with van der Waals surface area (Å²) < 4.78 is 7.26. The van der Waals surface area contributed by atoms with Gasteiger partial charge in [0.25, 0.3) is 0 Å². The molecule has 2 aromatic heterocycles. The number of benzene rings is 3. The van der Waals surface area contributed by atoms with Crippen LogP contribution in [0.5, 0.6) is 0 Å². The number of nitrogens with zero attached hydrogens (tertiary/aromatic N) is 3. The van der Waals surface area contributed by atoms with Gasteiger partial charge in [0.2, 0.25) is 17.6 Å². The van der Waals surface area contributed by atoms with Gasteiger partial charge >= 0.3 is 0 Å². The van der Waals surface area contributed by atoms with E-state index in [1.165, 1.54) is 0 Å². The second-order valence-electron chi connectivity index (χ2n) is 8.06. The zero-order valence-electron chi connectivity index (χ0n) is 18.3. The molecule has 1 atom stereocenters. The molecular weight excluding hydrogens is 416 g/mol. The maximum absolute atomic E-state index is 13.0. The molecular formula is C26H22N4O3. The number of carbonyl (C=O) groups excluding carboxylic acids is 1. The van der Waals surface area contributed by atoms with Crippen LogP contribution in [0.15, 0.2) is 82.1 Å². The minimum Gasteiger partial charge on any atom is -0.343 e. The lowest BCUT2D eigenvalue weighted by Crippen LogP contribution is -2.31. The smallest absolute Gasteiger partial charge is 0.249 e. The number of fused-ring (bicyclic) bond motifs is 2. The first-order valence-corrected chi connectivity index (χ1v) is 10.7. The van der Waals surface area contributed by atoms with E-state index < -0.39 is 6.04 Å². The van der Waals surface area contributed by atoms with Gasteiger partial charge in [-0.1, -0.05) is 59.3 Å². The highest BCUT2D eigenvalue weighted by Gasteiger charge is 2.19. The first-order valence-electron chi connectivity index (χ1n) is 10.7. The average molecular weight is 438 g/mol. The molecule has 5 aromatic rings. The van der Waals surface area contributed by atoms with Gasteiger partial charge in [0, 0.05) is 16.3 Å². The number of pyridine rings is 1. The summed E-state index contributed by atoms with van der Waals surface area (Å²) in [5, 5.41) is 8.13. The van der Waals surface area contributed by atoms with Crippen LogP contribution in [0.3, 0.4) is 0 Å². The Morgan fingerprint density at radius 2 is 1.58 bits per heavy atom. The highest BCUT2D eigenvalue weighted by atomic mass is 16.5. The van der Waals surface area contributed by atoms with E-state index in [1.54, 1.807) is 19.1 Å². The number of hydrogen-bond donors (Lipinski definition) is 1. The van der Waals surface area contributed by atoms with Gasteiger partial charge < -0.3 is 14.4 Å². The molecule has 33 heavy (non-hydrogen) atoms. The van der Waals surface area contributed by atoms with Crippen molar-refractivity contribution < 1.29 is 9.32 Å². The molecule has 7 nitrogen and oxygen atoms in total. The second-order valence-corrected chi connectivity index (χ2v) is 8.06. The third-order valence-corrected chi connectivity index (χ3v) is 5.68. The minimum atomic E-state index is -0.471. The molecule has 0 bridgehead atoms. The predicted molar refractivity (Wildman–Crippen MR) is 127 cm³/mol. The standard InChI is InChI=1S/C26H22N4O3/c1-16-11-13-18(14-12-16)25-28-26(33-29-25)17(2)27-23(31)15-30-21-9-5-3-7-19(21)24(32)20-8-4-6-10-22(20)30/h3-14,17H,15H2,1-2H3,(H,27,31)/t17-/m0/s1. The van der Waals surface area contributed by atoms with E-state index in [1.807, 2.05) is 72.2 Å². The Hall–Kier alpha value is -4.26. The van der Waals surface area contributed by atoms with Crippen molar-refractivity contribution in [3.05, 3.63) is 94.5 Å². The second kappa shape index (κ2) is 8.35. The molecule has 3 aromatic carbocycles. The monoisotopic (exact) mass is 438 g/mol. The van der Waals surface area contributed by atoms with E-state index >= 15 is 0 Å². The van der Waals surface area contributed by atoms with E-state index in [2.05, 4.69) is 15.5 Å². The molecule has 0 aliphatic carbocycles. The van der Waals surface area contributed by atoms with Crippen LogP contribution in [0.2, 0.25) is 0 Å². The summed E-state index contributed by atoms with van der Waals surface area (Å²) in [6.07, 6.45) is 0. The molecule has 164 valence electrons. The Kier molecular flexibility index (Phi) is 5.22. The zero-order valence-corrected chi connectivity index (χ0v) is 18.3. The maximum atomic E-state index is 13.0. The van der Waals surface area contributed by atoms with Gasteiger partial charge in [-0.2, -0.15) is 4.98 Å². The molecule has 0 saturated carbocycles. The highest BCUT2D eigenvalue weighted by Crippen LogP contribution is 2.21. The molecule has 1 N–H and O–H groups in total. The summed E-state index contributed by atoms with van der Waals surface area (Å²) in [6, 6.07) is 22.0. The molecule has 2 heterocycles. The van der Waals surface area contributed by atoms with Crippen LogP contribution >= 0.6 is 0 Å². The molecule has 0 fully saturated rings. The third-order valence-electron chi connectivity index (χ3n) is 5.68. The van der Waals surface area contributed by atoms with Crippen molar-refractivity contribution in [1.82, 2.24) is 20.0 Å². The molecule has 0 unspecified atom stereocenters. The molecule has 7 heteroatoms. The van der Waals surface area contributed by atoms with Crippen LogP contribution in [-0.4, -0.2) is 20.6 Å². The van der Waals surface area contributed by atoms with Gasteiger partial charge in [-0.15, -0.1) is 0 Å². The number of carbonyl (C=O) groups is 1. The fourth-order valence-corrected chi connectivity index (χ4v) is 3.97. The normalized spacial score (nSPS) is 12.2. The molecule has 1 amide bonds. The quantitative estimate of drug-likeness (QED) is 0.411. The summed E-state index contributed by atoms with van der Waals surface area (Å²) in [7, 11) is 0. The Bertz CT molecular complexity index is 1470. The van der Waals surface area contributed by atoms with Gasteiger partial charge in [-0.05, 0) is 38.1 Å². The average Bonchev–Trinajstić information content (AvgIpc) is 3.33. The lowest BCUT2D eigenvalue weighted by atomic mass is 10.1. The Morgan fingerprint density at radius 3 is 2.21 bits per heavy atom. The summed E-state index contributed by atoms with van der Waals surface area (Å²) in [5.74, 6) is 0.577. The number of para-hydroxylation sites is 2. The van der Waals surface area contributed by atoms with Gasteiger partial charge in [0.05, 0.1) is 11.0 Å². The Balaban J connectivity index is 1.41. The van der Waals surface area contributed by atoms with Crippen LogP contribution in [-0.2, 0) is 11.3 Å². The van der Waals surface area contributed by atoms with Crippen molar-refractivity contribution in [2.45, 2.75) is 26.4 Å². The number of rotatable bonds is 5. The summed E-state index contributed by atoms with van der Waals surface area (Å²) in [4.78, 5) is 30.3. The zero-order chi connectivity index (χ0) is 22.9. The van der Waals surface area contributed by atoms with Gasteiger partial charge in [0.15, 0.2) is 5.43 Å². The number of aryl methyl sites for hydroxylation is 1. The van der Waals surface area contributed by atoms with Gasteiger partial charge in [-0.3, -0.25) is 9.59 Å². The molecule has 0 spiro atoms. The topological polar surface area (TPSA) is 90.0 Å². The Labute approximate surface area is 189 Å². The highest BCUT2D eigenvalue weighted by molar-refractivity contribution is 5.94. The number of nitrogens with one attached hydrogen (secondary N) is 1. The molecule has 5 rings (SSSR count). The van der Waals surface area contributed by atoms with Crippen molar-refractivity contribution in [1.29, 1.82) is 0 Å². The SMILES string of the molecule is Cc1ccc(-c2noc([C@H](C)NC(=O)Cn3c4ccccc4c(=O)c4ccccc43)n2)cc1. The van der Waals surface area contributed by atoms with Crippen LogP contribution < -0.4 is 10.7 Å². The Morgan fingerprint density at radius 1 is 0.970 bits per heavy atom. The van der Waals surface area contributed by atoms with Gasteiger partial charge in [0.1, 0.15) is 12.6 Å². The molecule has 0 aliphatic rings. The van der Waals surface area contributed by atoms with Crippen molar-refractivity contribution in [2.24, 2.45) is 0 Å². The fourth-order valence-electron chi connectivity index (χ4n) is 3.97. The van der Waals surface area contributed by atoms with Crippen molar-refractivity contribution in [2.75, 3.05) is 0 Å². The van der Waals surface area contributed by atoms with Crippen molar-refractivity contribution in [3.8, 4) is 11.4 Å². The number of amides is 1. The first-order chi connectivity index (χ1) is 16.0. The van der Waals surface area contributed by atoms with E-state index in [0.29, 0.717) is 33.5 Å². The maximum Gasteiger partial charge on any atom is 0.249 e. The van der Waals surface area contributed by atoms with Crippen LogP contribution in [0.4, 0.5) is 0 Å². The lowest BCUT2D eigenvalue weighted by Gasteiger charge is -2.16. The fraction of sp³-hybridized carbons (Fsp3) is 0.154. The number of aromatic nitrogens is 3. The van der Waals surface area contributed by atoms with Gasteiger partial charge in [-0.25, -0.2) is 0 Å². The van der Waals surface area contributed by atoms with Crippen LogP contribution in [0.1, 0.15) is 24.4 Å². The van der Waals surface area contributed by atoms with Crippen molar-refractivity contribution >= 4 is 27.7 Å².